The second-order valence-corrected chi connectivity index (χ2v) is 8.20. The van der Waals surface area contributed by atoms with Crippen LogP contribution < -0.4 is 10.6 Å². The Morgan fingerprint density at radius 1 is 1.04 bits per heavy atom. The van der Waals surface area contributed by atoms with E-state index in [4.69, 9.17) is 14.2 Å². The van der Waals surface area contributed by atoms with E-state index in [0.717, 1.165) is 51.5 Å². The summed E-state index contributed by atoms with van der Waals surface area (Å²) in [6.07, 6.45) is 8.17. The van der Waals surface area contributed by atoms with Crippen molar-refractivity contribution in [2.24, 2.45) is 0 Å². The highest BCUT2D eigenvalue weighted by Gasteiger charge is 2.37. The fraction of sp³-hybridized carbons (Fsp3) is 0.900. The minimum Gasteiger partial charge on any atom is -0.446 e. The van der Waals surface area contributed by atoms with Gasteiger partial charge in [0.1, 0.15) is 18.8 Å². The topological polar surface area (TPSA) is 89.1 Å². The molecule has 2 N–H and O–H groups in total. The number of carbonyl (C=O) groups is 2. The summed E-state index contributed by atoms with van der Waals surface area (Å²) in [5.41, 5.74) is -0.747. The average Bonchev–Trinajstić information content (AvgIpc) is 2.70. The number of nitrogens with one attached hydrogen (secondary N) is 2. The van der Waals surface area contributed by atoms with Crippen LogP contribution in [0.4, 0.5) is 9.59 Å². The number of hydrogen-bond donors (Lipinski definition) is 2. The van der Waals surface area contributed by atoms with Crippen LogP contribution in [0.2, 0.25) is 0 Å². The summed E-state index contributed by atoms with van der Waals surface area (Å²) in [7, 11) is 3.99. The fourth-order valence-electron chi connectivity index (χ4n) is 3.67. The second-order valence-electron chi connectivity index (χ2n) is 8.20. The molecule has 0 aromatic rings. The normalized spacial score (nSPS) is 23.2. The van der Waals surface area contributed by atoms with Gasteiger partial charge in [-0.1, -0.05) is 19.3 Å². The maximum atomic E-state index is 12.2. The van der Waals surface area contributed by atoms with E-state index in [9.17, 15) is 9.59 Å². The number of nitrogens with zero attached hydrogens (tertiary/aromatic N) is 1. The largest absolute Gasteiger partial charge is 0.446 e. The third-order valence-corrected chi connectivity index (χ3v) is 5.35. The molecule has 0 aromatic carbocycles. The fourth-order valence-corrected chi connectivity index (χ4v) is 3.67. The van der Waals surface area contributed by atoms with Gasteiger partial charge in [-0.15, -0.1) is 0 Å². The zero-order valence-electron chi connectivity index (χ0n) is 17.5. The van der Waals surface area contributed by atoms with Crippen LogP contribution in [0.15, 0.2) is 0 Å². The molecule has 2 fully saturated rings. The molecule has 1 saturated carbocycles. The van der Waals surface area contributed by atoms with Crippen molar-refractivity contribution in [1.82, 2.24) is 15.5 Å². The van der Waals surface area contributed by atoms with Gasteiger partial charge in [-0.2, -0.15) is 0 Å². The molecule has 0 radical (unpaired) electrons. The van der Waals surface area contributed by atoms with Crippen LogP contribution in [0, 0.1) is 0 Å². The van der Waals surface area contributed by atoms with Gasteiger partial charge in [0.05, 0.1) is 0 Å². The molecule has 2 amide bonds. The van der Waals surface area contributed by atoms with Crippen molar-refractivity contribution in [3.63, 3.8) is 0 Å². The van der Waals surface area contributed by atoms with Crippen LogP contribution in [0.1, 0.15) is 57.8 Å². The smallest absolute Gasteiger partial charge is 0.407 e. The Hall–Kier alpha value is -1.54. The Labute approximate surface area is 168 Å². The lowest BCUT2D eigenvalue weighted by atomic mass is 9.95. The molecule has 2 aliphatic rings. The second kappa shape index (κ2) is 12.1. The highest BCUT2D eigenvalue weighted by atomic mass is 16.6. The molecular weight excluding hydrogens is 362 g/mol. The quantitative estimate of drug-likeness (QED) is 0.580. The van der Waals surface area contributed by atoms with E-state index in [2.05, 4.69) is 15.5 Å². The van der Waals surface area contributed by atoms with Crippen molar-refractivity contribution in [2.45, 2.75) is 69.4 Å². The summed E-state index contributed by atoms with van der Waals surface area (Å²) in [5, 5.41) is 5.69. The van der Waals surface area contributed by atoms with Gasteiger partial charge in [0.25, 0.3) is 0 Å². The molecule has 0 bridgehead atoms. The van der Waals surface area contributed by atoms with Gasteiger partial charge in [0, 0.05) is 19.2 Å². The highest BCUT2D eigenvalue weighted by molar-refractivity contribution is 5.68. The number of alkyl carbamates (subject to hydrolysis) is 2. The Morgan fingerprint density at radius 3 is 2.39 bits per heavy atom. The first kappa shape index (κ1) is 22.7. The van der Waals surface area contributed by atoms with Crippen molar-refractivity contribution in [2.75, 3.05) is 47.0 Å². The Balaban J connectivity index is 1.72. The molecule has 1 heterocycles. The first-order chi connectivity index (χ1) is 13.5. The Bertz CT molecular complexity index is 474. The maximum absolute atomic E-state index is 12.2. The molecule has 1 saturated heterocycles. The molecule has 2 rings (SSSR count). The van der Waals surface area contributed by atoms with Gasteiger partial charge >= 0.3 is 12.2 Å². The molecule has 1 atom stereocenters. The lowest BCUT2D eigenvalue weighted by Gasteiger charge is -2.36. The highest BCUT2D eigenvalue weighted by Crippen LogP contribution is 2.26. The summed E-state index contributed by atoms with van der Waals surface area (Å²) in [6.45, 7) is 2.23. The van der Waals surface area contributed by atoms with E-state index in [1.165, 1.54) is 6.42 Å². The Kier molecular flexibility index (Phi) is 9.84. The monoisotopic (exact) mass is 399 g/mol. The molecule has 162 valence electrons. The lowest BCUT2D eigenvalue weighted by Crippen LogP contribution is -2.48. The predicted octanol–water partition coefficient (Wildman–Crippen LogP) is 2.66. The molecule has 8 nitrogen and oxygen atoms in total. The van der Waals surface area contributed by atoms with Gasteiger partial charge in [-0.05, 0) is 59.2 Å². The van der Waals surface area contributed by atoms with Gasteiger partial charge in [-0.25, -0.2) is 9.59 Å². The van der Waals surface area contributed by atoms with E-state index in [1.807, 2.05) is 14.1 Å². The molecule has 1 aliphatic carbocycles. The van der Waals surface area contributed by atoms with Gasteiger partial charge in [-0.3, -0.25) is 0 Å². The number of ether oxygens (including phenoxy) is 3. The van der Waals surface area contributed by atoms with Crippen molar-refractivity contribution in [3.05, 3.63) is 0 Å². The SMILES string of the molecule is CN(C)CCCNC(=O)OCC1(COC(=O)NC2CCCCC2)CCCCO1. The summed E-state index contributed by atoms with van der Waals surface area (Å²) in [5.74, 6) is 0. The van der Waals surface area contributed by atoms with Crippen LogP contribution in [0.5, 0.6) is 0 Å². The van der Waals surface area contributed by atoms with Gasteiger partial charge in [0.15, 0.2) is 0 Å². The van der Waals surface area contributed by atoms with Crippen LogP contribution in [-0.2, 0) is 14.2 Å². The molecular formula is C20H37N3O5. The standard InChI is InChI=1S/C20H37N3O5/c1-23(2)13-8-12-21-18(24)26-15-20(11-6-7-14-28-20)16-27-19(25)22-17-9-4-3-5-10-17/h17H,3-16H2,1-2H3,(H,21,24)(H,22,25). The zero-order chi connectivity index (χ0) is 20.2. The van der Waals surface area contributed by atoms with Crippen LogP contribution in [-0.4, -0.2) is 75.7 Å². The third kappa shape index (κ3) is 8.65. The molecule has 0 aromatic heterocycles. The zero-order valence-corrected chi connectivity index (χ0v) is 17.5. The predicted molar refractivity (Wildman–Crippen MR) is 106 cm³/mol. The van der Waals surface area contributed by atoms with Crippen molar-refractivity contribution in [3.8, 4) is 0 Å². The number of amides is 2. The van der Waals surface area contributed by atoms with Crippen molar-refractivity contribution >= 4 is 12.2 Å². The minimum atomic E-state index is -0.747. The van der Waals surface area contributed by atoms with Crippen molar-refractivity contribution in [1.29, 1.82) is 0 Å². The molecule has 1 aliphatic heterocycles. The van der Waals surface area contributed by atoms with Crippen molar-refractivity contribution < 1.29 is 23.8 Å². The molecule has 8 heteroatoms. The van der Waals surface area contributed by atoms with E-state index >= 15 is 0 Å². The van der Waals surface area contributed by atoms with E-state index in [-0.39, 0.29) is 19.3 Å². The minimum absolute atomic E-state index is 0.0865. The molecule has 0 spiro atoms. The number of carbonyl (C=O) groups excluding carboxylic acids is 2. The summed E-state index contributed by atoms with van der Waals surface area (Å²) in [4.78, 5) is 26.2. The first-order valence-electron chi connectivity index (χ1n) is 10.6. The maximum Gasteiger partial charge on any atom is 0.407 e. The molecule has 1 unspecified atom stereocenters. The Morgan fingerprint density at radius 2 is 1.75 bits per heavy atom. The van der Waals surface area contributed by atoms with E-state index in [1.54, 1.807) is 0 Å². The lowest BCUT2D eigenvalue weighted by molar-refractivity contribution is -0.134. The summed E-state index contributed by atoms with van der Waals surface area (Å²) >= 11 is 0. The van der Waals surface area contributed by atoms with Gasteiger partial charge < -0.3 is 29.7 Å². The van der Waals surface area contributed by atoms with E-state index in [0.29, 0.717) is 19.6 Å². The number of hydrogen-bond acceptors (Lipinski definition) is 6. The average molecular weight is 400 g/mol. The van der Waals surface area contributed by atoms with Crippen LogP contribution >= 0.6 is 0 Å². The molecule has 28 heavy (non-hydrogen) atoms. The van der Waals surface area contributed by atoms with Crippen LogP contribution in [0.25, 0.3) is 0 Å². The van der Waals surface area contributed by atoms with Crippen LogP contribution in [0.3, 0.4) is 0 Å². The summed E-state index contributed by atoms with van der Waals surface area (Å²) < 4.78 is 16.7. The van der Waals surface area contributed by atoms with Gasteiger partial charge in [0.2, 0.25) is 0 Å². The summed E-state index contributed by atoms with van der Waals surface area (Å²) in [6, 6.07) is 0.202. The third-order valence-electron chi connectivity index (χ3n) is 5.35. The van der Waals surface area contributed by atoms with E-state index < -0.39 is 17.8 Å². The first-order valence-corrected chi connectivity index (χ1v) is 10.6. The number of rotatable bonds is 9.